The van der Waals surface area contributed by atoms with E-state index >= 15 is 0 Å². The number of ether oxygens (including phenoxy) is 1. The quantitative estimate of drug-likeness (QED) is 0.444. The van der Waals surface area contributed by atoms with Gasteiger partial charge in [0.2, 0.25) is 0 Å². The lowest BCUT2D eigenvalue weighted by molar-refractivity contribution is -0.119. The van der Waals surface area contributed by atoms with Crippen LogP contribution in [0.1, 0.15) is 10.5 Å². The fourth-order valence-corrected chi connectivity index (χ4v) is 3.07. The van der Waals surface area contributed by atoms with E-state index in [0.29, 0.717) is 11.4 Å². The van der Waals surface area contributed by atoms with Crippen LogP contribution < -0.4 is 5.32 Å². The van der Waals surface area contributed by atoms with Crippen LogP contribution in [0.25, 0.3) is 22.2 Å². The first kappa shape index (κ1) is 18.8. The molecule has 29 heavy (non-hydrogen) atoms. The fourth-order valence-electron chi connectivity index (χ4n) is 2.80. The lowest BCUT2D eigenvalue weighted by atomic mass is 10.1. The SMILES string of the molecule is O=C(COC(=O)c1cc(-c2ccc(Br)cc2)n[nH]1)Nc1cccc2ncccc12. The van der Waals surface area contributed by atoms with Gasteiger partial charge in [-0.05, 0) is 42.5 Å². The van der Waals surface area contributed by atoms with Crippen LogP contribution in [0.15, 0.2) is 71.3 Å². The van der Waals surface area contributed by atoms with Gasteiger partial charge in [-0.1, -0.05) is 34.1 Å². The topological polar surface area (TPSA) is 97.0 Å². The highest BCUT2D eigenvalue weighted by Gasteiger charge is 2.15. The van der Waals surface area contributed by atoms with Crippen molar-refractivity contribution < 1.29 is 14.3 Å². The maximum atomic E-state index is 12.2. The molecule has 0 spiro atoms. The largest absolute Gasteiger partial charge is 0.451 e. The van der Waals surface area contributed by atoms with Crippen molar-refractivity contribution in [3.8, 4) is 11.3 Å². The van der Waals surface area contributed by atoms with Gasteiger partial charge in [0.25, 0.3) is 5.91 Å². The summed E-state index contributed by atoms with van der Waals surface area (Å²) in [6.07, 6.45) is 1.68. The Morgan fingerprint density at radius 3 is 2.72 bits per heavy atom. The Labute approximate surface area is 174 Å². The van der Waals surface area contributed by atoms with Gasteiger partial charge >= 0.3 is 5.97 Å². The number of aromatic amines is 1. The summed E-state index contributed by atoms with van der Waals surface area (Å²) >= 11 is 3.37. The number of nitrogens with zero attached hydrogens (tertiary/aromatic N) is 2. The molecule has 0 saturated carbocycles. The normalized spacial score (nSPS) is 10.7. The van der Waals surface area contributed by atoms with Crippen LogP contribution in [0.2, 0.25) is 0 Å². The van der Waals surface area contributed by atoms with E-state index < -0.39 is 18.5 Å². The molecule has 2 aromatic heterocycles. The van der Waals surface area contributed by atoms with Crippen molar-refractivity contribution in [2.45, 2.75) is 0 Å². The summed E-state index contributed by atoms with van der Waals surface area (Å²) in [5.74, 6) is -1.10. The van der Waals surface area contributed by atoms with Gasteiger partial charge in [-0.2, -0.15) is 5.10 Å². The number of esters is 1. The zero-order chi connectivity index (χ0) is 20.2. The maximum Gasteiger partial charge on any atom is 0.356 e. The third-order valence-corrected chi connectivity index (χ3v) is 4.72. The molecule has 0 fully saturated rings. The number of halogens is 1. The van der Waals surface area contributed by atoms with Gasteiger partial charge in [0.1, 0.15) is 5.69 Å². The monoisotopic (exact) mass is 450 g/mol. The number of hydrogen-bond acceptors (Lipinski definition) is 5. The minimum Gasteiger partial charge on any atom is -0.451 e. The predicted molar refractivity (Wildman–Crippen MR) is 112 cm³/mol. The number of aromatic nitrogens is 3. The van der Waals surface area contributed by atoms with Gasteiger partial charge in [-0.25, -0.2) is 4.79 Å². The Kier molecular flexibility index (Phi) is 5.35. The van der Waals surface area contributed by atoms with E-state index in [1.54, 1.807) is 30.5 Å². The number of carbonyl (C=O) groups is 2. The van der Waals surface area contributed by atoms with Crippen molar-refractivity contribution in [3.05, 3.63) is 77.0 Å². The lowest BCUT2D eigenvalue weighted by Crippen LogP contribution is -2.21. The standard InChI is InChI=1S/C21H15BrN4O3/c22-14-8-6-13(7-9-14)18-11-19(26-25-18)21(28)29-12-20(27)24-17-5-1-4-16-15(17)3-2-10-23-16/h1-11H,12H2,(H,24,27)(H,25,26). The molecule has 4 aromatic rings. The molecule has 0 aliphatic heterocycles. The highest BCUT2D eigenvalue weighted by Crippen LogP contribution is 2.22. The zero-order valence-electron chi connectivity index (χ0n) is 15.1. The summed E-state index contributed by atoms with van der Waals surface area (Å²) in [6, 6.07) is 18.2. The van der Waals surface area contributed by atoms with E-state index in [1.165, 1.54) is 0 Å². The number of anilines is 1. The number of carbonyl (C=O) groups excluding carboxylic acids is 2. The molecule has 0 saturated heterocycles. The van der Waals surface area contributed by atoms with Crippen molar-refractivity contribution >= 4 is 44.4 Å². The average molecular weight is 451 g/mol. The number of amides is 1. The second kappa shape index (κ2) is 8.24. The number of pyridine rings is 1. The van der Waals surface area contributed by atoms with Gasteiger partial charge in [0.05, 0.1) is 16.9 Å². The summed E-state index contributed by atoms with van der Waals surface area (Å²) < 4.78 is 6.05. The van der Waals surface area contributed by atoms with Crippen LogP contribution in [0.5, 0.6) is 0 Å². The first-order valence-electron chi connectivity index (χ1n) is 8.72. The van der Waals surface area contributed by atoms with Gasteiger partial charge in [0, 0.05) is 21.6 Å². The molecule has 4 rings (SSSR count). The van der Waals surface area contributed by atoms with E-state index in [0.717, 1.165) is 20.9 Å². The van der Waals surface area contributed by atoms with Crippen LogP contribution in [-0.4, -0.2) is 33.7 Å². The molecule has 0 bridgehead atoms. The van der Waals surface area contributed by atoms with Gasteiger partial charge in [0.15, 0.2) is 6.61 Å². The van der Waals surface area contributed by atoms with Crippen LogP contribution in [0.4, 0.5) is 5.69 Å². The Bertz CT molecular complexity index is 1180. The summed E-state index contributed by atoms with van der Waals surface area (Å²) in [4.78, 5) is 28.7. The minimum atomic E-state index is -0.657. The fraction of sp³-hybridized carbons (Fsp3) is 0.0476. The minimum absolute atomic E-state index is 0.171. The van der Waals surface area contributed by atoms with E-state index in [2.05, 4.69) is 36.4 Å². The van der Waals surface area contributed by atoms with Crippen LogP contribution in [0.3, 0.4) is 0 Å². The van der Waals surface area contributed by atoms with E-state index in [1.807, 2.05) is 36.4 Å². The van der Waals surface area contributed by atoms with Crippen LogP contribution >= 0.6 is 15.9 Å². The van der Waals surface area contributed by atoms with Gasteiger partial charge in [-0.15, -0.1) is 0 Å². The number of H-pyrrole nitrogens is 1. The van der Waals surface area contributed by atoms with Crippen LogP contribution in [0, 0.1) is 0 Å². The molecule has 7 nitrogen and oxygen atoms in total. The van der Waals surface area contributed by atoms with Crippen molar-refractivity contribution in [1.29, 1.82) is 0 Å². The Morgan fingerprint density at radius 2 is 1.90 bits per heavy atom. The molecule has 1 amide bonds. The Morgan fingerprint density at radius 1 is 1.07 bits per heavy atom. The molecule has 144 valence electrons. The predicted octanol–water partition coefficient (Wildman–Crippen LogP) is 4.18. The van der Waals surface area contributed by atoms with E-state index in [-0.39, 0.29) is 5.69 Å². The zero-order valence-corrected chi connectivity index (χ0v) is 16.6. The summed E-state index contributed by atoms with van der Waals surface area (Å²) in [5.41, 5.74) is 3.00. The first-order valence-corrected chi connectivity index (χ1v) is 9.51. The number of fused-ring (bicyclic) bond motifs is 1. The molecule has 2 heterocycles. The van der Waals surface area contributed by atoms with Crippen molar-refractivity contribution in [2.24, 2.45) is 0 Å². The van der Waals surface area contributed by atoms with E-state index in [4.69, 9.17) is 4.74 Å². The van der Waals surface area contributed by atoms with Crippen LogP contribution in [-0.2, 0) is 9.53 Å². The van der Waals surface area contributed by atoms with Gasteiger partial charge in [-0.3, -0.25) is 14.9 Å². The van der Waals surface area contributed by atoms with Crippen molar-refractivity contribution in [3.63, 3.8) is 0 Å². The van der Waals surface area contributed by atoms with E-state index in [9.17, 15) is 9.59 Å². The Balaban J connectivity index is 1.38. The second-order valence-corrected chi connectivity index (χ2v) is 7.09. The average Bonchev–Trinajstić information content (AvgIpc) is 3.23. The molecular formula is C21H15BrN4O3. The summed E-state index contributed by atoms with van der Waals surface area (Å²) in [7, 11) is 0. The maximum absolute atomic E-state index is 12.2. The molecular weight excluding hydrogens is 436 g/mol. The number of nitrogens with one attached hydrogen (secondary N) is 2. The lowest BCUT2D eigenvalue weighted by Gasteiger charge is -2.08. The van der Waals surface area contributed by atoms with Gasteiger partial charge < -0.3 is 10.1 Å². The molecule has 0 unspecified atom stereocenters. The molecule has 0 radical (unpaired) electrons. The second-order valence-electron chi connectivity index (χ2n) is 6.17. The number of benzene rings is 2. The Hall–Kier alpha value is -3.52. The summed E-state index contributed by atoms with van der Waals surface area (Å²) in [5, 5.41) is 10.3. The highest BCUT2D eigenvalue weighted by molar-refractivity contribution is 9.10. The molecule has 0 aliphatic rings. The van der Waals surface area contributed by atoms with Crippen molar-refractivity contribution in [1.82, 2.24) is 15.2 Å². The molecule has 2 N–H and O–H groups in total. The number of hydrogen-bond donors (Lipinski definition) is 2. The molecule has 0 atom stereocenters. The molecule has 2 aromatic carbocycles. The van der Waals surface area contributed by atoms with Crippen molar-refractivity contribution in [2.75, 3.05) is 11.9 Å². The first-order chi connectivity index (χ1) is 14.1. The summed E-state index contributed by atoms with van der Waals surface area (Å²) in [6.45, 7) is -0.415. The molecule has 8 heteroatoms. The molecule has 0 aliphatic carbocycles. The smallest absolute Gasteiger partial charge is 0.356 e. The third-order valence-electron chi connectivity index (χ3n) is 4.19. The third kappa shape index (κ3) is 4.33. The number of rotatable bonds is 5. The highest BCUT2D eigenvalue weighted by atomic mass is 79.9.